The molecule has 2 nitrogen and oxygen atoms in total. The molecule has 58 valence electrons. The van der Waals surface area contributed by atoms with Crippen molar-refractivity contribution in [3.63, 3.8) is 0 Å². The summed E-state index contributed by atoms with van der Waals surface area (Å²) in [6.07, 6.45) is 8.90. The molecule has 0 spiro atoms. The zero-order valence-electron chi connectivity index (χ0n) is 6.29. The summed E-state index contributed by atoms with van der Waals surface area (Å²) in [5.74, 6) is 0. The second-order valence-corrected chi connectivity index (χ2v) is 2.95. The molecule has 2 unspecified atom stereocenters. The van der Waals surface area contributed by atoms with Crippen molar-refractivity contribution >= 4 is 0 Å². The van der Waals surface area contributed by atoms with Gasteiger partial charge in [-0.05, 0) is 19.3 Å². The molecule has 4 N–H and O–H groups in total. The van der Waals surface area contributed by atoms with Gasteiger partial charge in [0.25, 0.3) is 0 Å². The Morgan fingerprint density at radius 3 is 2.80 bits per heavy atom. The first kappa shape index (κ1) is 7.76. The van der Waals surface area contributed by atoms with E-state index < -0.39 is 0 Å². The molecule has 1 aliphatic carbocycles. The van der Waals surface area contributed by atoms with Gasteiger partial charge < -0.3 is 11.5 Å². The molecule has 0 radical (unpaired) electrons. The minimum absolute atomic E-state index is 0.0836. The number of allylic oxidation sites excluding steroid dienone is 1. The molecule has 0 aromatic rings. The largest absolute Gasteiger partial charge is 0.326 e. The van der Waals surface area contributed by atoms with Crippen molar-refractivity contribution in [3.8, 4) is 0 Å². The molecule has 1 aliphatic rings. The van der Waals surface area contributed by atoms with Crippen LogP contribution in [0.3, 0.4) is 0 Å². The summed E-state index contributed by atoms with van der Waals surface area (Å²) in [4.78, 5) is 0. The second-order valence-electron chi connectivity index (χ2n) is 2.95. The van der Waals surface area contributed by atoms with Crippen molar-refractivity contribution in [2.45, 2.75) is 37.8 Å². The monoisotopic (exact) mass is 140 g/mol. The average Bonchev–Trinajstić information content (AvgIpc) is 1.92. The van der Waals surface area contributed by atoms with Crippen LogP contribution in [0.1, 0.15) is 25.7 Å². The van der Waals surface area contributed by atoms with Gasteiger partial charge in [0.1, 0.15) is 0 Å². The number of rotatable bonds is 0. The van der Waals surface area contributed by atoms with Crippen molar-refractivity contribution in [1.82, 2.24) is 0 Å². The fourth-order valence-corrected chi connectivity index (χ4v) is 1.23. The van der Waals surface area contributed by atoms with E-state index in [0.29, 0.717) is 0 Å². The first-order chi connectivity index (χ1) is 4.80. The van der Waals surface area contributed by atoms with Crippen LogP contribution in [0.15, 0.2) is 12.2 Å². The van der Waals surface area contributed by atoms with Gasteiger partial charge in [0.05, 0.1) is 0 Å². The molecule has 2 atom stereocenters. The first-order valence-electron chi connectivity index (χ1n) is 3.98. The van der Waals surface area contributed by atoms with Crippen LogP contribution >= 0.6 is 0 Å². The lowest BCUT2D eigenvalue weighted by molar-refractivity contribution is 0.513. The maximum absolute atomic E-state index is 5.77. The minimum Gasteiger partial charge on any atom is -0.326 e. The van der Waals surface area contributed by atoms with Crippen molar-refractivity contribution in [3.05, 3.63) is 12.2 Å². The van der Waals surface area contributed by atoms with Gasteiger partial charge in [-0.25, -0.2) is 0 Å². The SMILES string of the molecule is NC1/C=C\CCCCC1N. The van der Waals surface area contributed by atoms with Gasteiger partial charge in [0.15, 0.2) is 0 Å². The summed E-state index contributed by atoms with van der Waals surface area (Å²) in [7, 11) is 0. The Bertz CT molecular complexity index is 120. The summed E-state index contributed by atoms with van der Waals surface area (Å²) >= 11 is 0. The summed E-state index contributed by atoms with van der Waals surface area (Å²) in [5.41, 5.74) is 11.5. The van der Waals surface area contributed by atoms with Gasteiger partial charge in [-0.1, -0.05) is 18.6 Å². The van der Waals surface area contributed by atoms with Gasteiger partial charge >= 0.3 is 0 Å². The molecule has 0 saturated heterocycles. The minimum atomic E-state index is 0.0836. The van der Waals surface area contributed by atoms with Crippen LogP contribution in [0, 0.1) is 0 Å². The van der Waals surface area contributed by atoms with E-state index in [9.17, 15) is 0 Å². The molecular weight excluding hydrogens is 124 g/mol. The summed E-state index contributed by atoms with van der Waals surface area (Å²) < 4.78 is 0. The third-order valence-corrected chi connectivity index (χ3v) is 2.01. The van der Waals surface area contributed by atoms with E-state index in [4.69, 9.17) is 11.5 Å². The van der Waals surface area contributed by atoms with Gasteiger partial charge in [-0.15, -0.1) is 0 Å². The third kappa shape index (κ3) is 2.12. The fraction of sp³-hybridized carbons (Fsp3) is 0.750. The molecule has 0 aromatic heterocycles. The summed E-state index contributed by atoms with van der Waals surface area (Å²) in [6.45, 7) is 0. The Balaban J connectivity index is 2.44. The van der Waals surface area contributed by atoms with E-state index in [1.165, 1.54) is 19.3 Å². The van der Waals surface area contributed by atoms with Crippen LogP contribution in [-0.2, 0) is 0 Å². The third-order valence-electron chi connectivity index (χ3n) is 2.01. The van der Waals surface area contributed by atoms with E-state index in [1.54, 1.807) is 0 Å². The molecule has 0 aliphatic heterocycles. The predicted octanol–water partition coefficient (Wildman–Crippen LogP) is 0.771. The van der Waals surface area contributed by atoms with Crippen LogP contribution in [0.4, 0.5) is 0 Å². The first-order valence-corrected chi connectivity index (χ1v) is 3.98. The summed E-state index contributed by atoms with van der Waals surface area (Å²) in [6, 6.07) is 0.261. The Morgan fingerprint density at radius 2 is 2.00 bits per heavy atom. The number of hydrogen-bond acceptors (Lipinski definition) is 2. The van der Waals surface area contributed by atoms with E-state index in [1.807, 2.05) is 6.08 Å². The maximum Gasteiger partial charge on any atom is 0.0378 e. The molecule has 0 saturated carbocycles. The second kappa shape index (κ2) is 3.74. The topological polar surface area (TPSA) is 52.0 Å². The normalized spacial score (nSPS) is 38.2. The summed E-state index contributed by atoms with van der Waals surface area (Å²) in [5, 5.41) is 0. The lowest BCUT2D eigenvalue weighted by atomic mass is 9.99. The molecule has 0 amide bonds. The van der Waals surface area contributed by atoms with Crippen LogP contribution in [0.5, 0.6) is 0 Å². The highest BCUT2D eigenvalue weighted by Gasteiger charge is 2.10. The molecule has 0 aromatic carbocycles. The van der Waals surface area contributed by atoms with Crippen LogP contribution in [0.25, 0.3) is 0 Å². The lowest BCUT2D eigenvalue weighted by Gasteiger charge is -2.18. The Labute approximate surface area is 62.3 Å². The van der Waals surface area contributed by atoms with E-state index in [2.05, 4.69) is 6.08 Å². The van der Waals surface area contributed by atoms with Gasteiger partial charge in [-0.2, -0.15) is 0 Å². The average molecular weight is 140 g/mol. The zero-order valence-corrected chi connectivity index (χ0v) is 6.29. The van der Waals surface area contributed by atoms with Crippen LogP contribution in [-0.4, -0.2) is 12.1 Å². The highest BCUT2D eigenvalue weighted by Crippen LogP contribution is 2.09. The van der Waals surface area contributed by atoms with Crippen molar-refractivity contribution in [1.29, 1.82) is 0 Å². The van der Waals surface area contributed by atoms with E-state index in [0.717, 1.165) is 6.42 Å². The Kier molecular flexibility index (Phi) is 2.90. The molecule has 2 heteroatoms. The quantitative estimate of drug-likeness (QED) is 0.488. The number of nitrogens with two attached hydrogens (primary N) is 2. The molecule has 0 heterocycles. The molecule has 1 rings (SSSR count). The van der Waals surface area contributed by atoms with Gasteiger partial charge in [0.2, 0.25) is 0 Å². The smallest absolute Gasteiger partial charge is 0.0378 e. The molecular formula is C8H16N2. The zero-order chi connectivity index (χ0) is 7.40. The van der Waals surface area contributed by atoms with Crippen molar-refractivity contribution < 1.29 is 0 Å². The molecule has 0 bridgehead atoms. The highest BCUT2D eigenvalue weighted by atomic mass is 14.8. The van der Waals surface area contributed by atoms with Gasteiger partial charge in [0, 0.05) is 12.1 Å². The highest BCUT2D eigenvalue weighted by molar-refractivity contribution is 4.98. The van der Waals surface area contributed by atoms with Crippen molar-refractivity contribution in [2.24, 2.45) is 11.5 Å². The lowest BCUT2D eigenvalue weighted by Crippen LogP contribution is -2.40. The molecule has 0 fully saturated rings. The van der Waals surface area contributed by atoms with Crippen molar-refractivity contribution in [2.75, 3.05) is 0 Å². The Hall–Kier alpha value is -0.340. The van der Waals surface area contributed by atoms with E-state index >= 15 is 0 Å². The van der Waals surface area contributed by atoms with Crippen LogP contribution in [0.2, 0.25) is 0 Å². The van der Waals surface area contributed by atoms with Crippen LogP contribution < -0.4 is 11.5 Å². The predicted molar refractivity (Wildman–Crippen MR) is 43.6 cm³/mol. The van der Waals surface area contributed by atoms with Gasteiger partial charge in [-0.3, -0.25) is 0 Å². The standard InChI is InChI=1S/C8H16N2/c9-7-5-3-1-2-4-6-8(7)10/h3,5,7-8H,1-2,4,6,9-10H2/b5-3-. The maximum atomic E-state index is 5.77. The fourth-order valence-electron chi connectivity index (χ4n) is 1.23. The molecule has 10 heavy (non-hydrogen) atoms. The van der Waals surface area contributed by atoms with E-state index in [-0.39, 0.29) is 12.1 Å². The Morgan fingerprint density at radius 1 is 1.20 bits per heavy atom. The number of hydrogen-bond donors (Lipinski definition) is 2.